The van der Waals surface area contributed by atoms with E-state index in [4.69, 9.17) is 5.26 Å². The first kappa shape index (κ1) is 15.1. The summed E-state index contributed by atoms with van der Waals surface area (Å²) in [5.41, 5.74) is 0.690. The van der Waals surface area contributed by atoms with Crippen LogP contribution in [0, 0.1) is 29.0 Å². The van der Waals surface area contributed by atoms with E-state index >= 15 is 0 Å². The molecule has 0 radical (unpaired) electrons. The monoisotopic (exact) mass is 312 g/mol. The zero-order valence-electron chi connectivity index (χ0n) is 10.7. The molecule has 0 aliphatic heterocycles. The Balaban J connectivity index is 2.38. The third-order valence-corrected chi connectivity index (χ3v) is 3.41. The van der Waals surface area contributed by atoms with E-state index in [-0.39, 0.29) is 11.7 Å². The summed E-state index contributed by atoms with van der Waals surface area (Å²) >= 11 is 3.33. The van der Waals surface area contributed by atoms with E-state index in [1.807, 2.05) is 13.8 Å². The van der Waals surface area contributed by atoms with Gasteiger partial charge >= 0.3 is 0 Å². The maximum absolute atomic E-state index is 13.4. The molecular weight excluding hydrogens is 295 g/mol. The molecule has 0 heterocycles. The van der Waals surface area contributed by atoms with E-state index in [0.29, 0.717) is 31.0 Å². The van der Waals surface area contributed by atoms with Crippen LogP contribution in [0.15, 0.2) is 22.7 Å². The minimum atomic E-state index is -0.180. The Kier molecular flexibility index (Phi) is 6.31. The Morgan fingerprint density at radius 2 is 2.17 bits per heavy atom. The predicted octanol–water partition coefficient (Wildman–Crippen LogP) is 3.52. The van der Waals surface area contributed by atoms with Crippen LogP contribution in [0.1, 0.15) is 19.4 Å². The first-order valence-electron chi connectivity index (χ1n) is 6.09. The molecule has 1 aromatic rings. The van der Waals surface area contributed by atoms with E-state index in [0.717, 1.165) is 4.47 Å². The number of nitrogens with zero attached hydrogens (tertiary/aromatic N) is 1. The summed E-state index contributed by atoms with van der Waals surface area (Å²) in [6, 6.07) is 7.22. The number of halogens is 2. The highest BCUT2D eigenvalue weighted by Gasteiger charge is 2.11. The Morgan fingerprint density at radius 1 is 1.44 bits per heavy atom. The van der Waals surface area contributed by atoms with Gasteiger partial charge in [0.05, 0.1) is 12.0 Å². The summed E-state index contributed by atoms with van der Waals surface area (Å²) in [7, 11) is 0. The van der Waals surface area contributed by atoms with Gasteiger partial charge in [-0.05, 0) is 42.6 Å². The van der Waals surface area contributed by atoms with E-state index in [9.17, 15) is 4.39 Å². The van der Waals surface area contributed by atoms with Crippen molar-refractivity contribution in [2.45, 2.75) is 20.3 Å². The lowest BCUT2D eigenvalue weighted by Crippen LogP contribution is -2.27. The lowest BCUT2D eigenvalue weighted by Gasteiger charge is -2.13. The fraction of sp³-hybridized carbons (Fsp3) is 0.500. The molecule has 0 saturated heterocycles. The van der Waals surface area contributed by atoms with Crippen molar-refractivity contribution < 1.29 is 4.39 Å². The quantitative estimate of drug-likeness (QED) is 0.816. The summed E-state index contributed by atoms with van der Waals surface area (Å²) in [4.78, 5) is 0. The van der Waals surface area contributed by atoms with Crippen molar-refractivity contribution in [3.05, 3.63) is 34.1 Å². The molecule has 0 amide bonds. The largest absolute Gasteiger partial charge is 0.315 e. The molecule has 1 atom stereocenters. The van der Waals surface area contributed by atoms with Crippen molar-refractivity contribution in [2.75, 3.05) is 13.1 Å². The van der Waals surface area contributed by atoms with Crippen molar-refractivity contribution in [3.63, 3.8) is 0 Å². The summed E-state index contributed by atoms with van der Waals surface area (Å²) < 4.78 is 14.3. The van der Waals surface area contributed by atoms with Gasteiger partial charge in [-0.2, -0.15) is 5.26 Å². The first-order chi connectivity index (χ1) is 8.54. The summed E-state index contributed by atoms with van der Waals surface area (Å²) in [5.74, 6) is 0.170. The molecule has 0 aromatic heterocycles. The number of nitrogens with one attached hydrogen (secondary N) is 1. The molecule has 1 unspecified atom stereocenters. The maximum atomic E-state index is 13.4. The Morgan fingerprint density at radius 3 is 2.78 bits per heavy atom. The smallest absolute Gasteiger partial charge is 0.126 e. The lowest BCUT2D eigenvalue weighted by atomic mass is 9.97. The molecule has 1 rings (SSSR count). The average molecular weight is 313 g/mol. The van der Waals surface area contributed by atoms with Crippen LogP contribution in [0.25, 0.3) is 0 Å². The van der Waals surface area contributed by atoms with Gasteiger partial charge in [0.15, 0.2) is 0 Å². The molecule has 0 saturated carbocycles. The normalized spacial score (nSPS) is 12.4. The lowest BCUT2D eigenvalue weighted by molar-refractivity contribution is 0.443. The zero-order valence-corrected chi connectivity index (χ0v) is 12.3. The molecule has 1 N–H and O–H groups in total. The fourth-order valence-corrected chi connectivity index (χ4v) is 2.05. The van der Waals surface area contributed by atoms with Crippen LogP contribution in [0.4, 0.5) is 4.39 Å². The van der Waals surface area contributed by atoms with E-state index in [2.05, 4.69) is 27.3 Å². The van der Waals surface area contributed by atoms with Gasteiger partial charge in [0.1, 0.15) is 5.82 Å². The van der Waals surface area contributed by atoms with Gasteiger partial charge in [0.25, 0.3) is 0 Å². The Bertz CT molecular complexity index is 426. The molecule has 18 heavy (non-hydrogen) atoms. The minimum Gasteiger partial charge on any atom is -0.315 e. The predicted molar refractivity (Wildman–Crippen MR) is 74.6 cm³/mol. The van der Waals surface area contributed by atoms with E-state index in [1.54, 1.807) is 12.1 Å². The topological polar surface area (TPSA) is 35.8 Å². The van der Waals surface area contributed by atoms with Gasteiger partial charge in [-0.25, -0.2) is 4.39 Å². The highest BCUT2D eigenvalue weighted by Crippen LogP contribution is 2.15. The Hall–Kier alpha value is -0.920. The molecule has 2 nitrogen and oxygen atoms in total. The SMILES string of the molecule is CC(C)C(C#N)CNCCc1cc(Br)ccc1F. The van der Waals surface area contributed by atoms with Crippen LogP contribution >= 0.6 is 15.9 Å². The number of benzene rings is 1. The summed E-state index contributed by atoms with van der Waals surface area (Å²) in [6.45, 7) is 5.40. The van der Waals surface area contributed by atoms with Crippen LogP contribution in [0.3, 0.4) is 0 Å². The Labute approximate surface area is 116 Å². The maximum Gasteiger partial charge on any atom is 0.126 e. The van der Waals surface area contributed by atoms with Crippen molar-refractivity contribution >= 4 is 15.9 Å². The second kappa shape index (κ2) is 7.50. The van der Waals surface area contributed by atoms with Crippen LogP contribution in [0.2, 0.25) is 0 Å². The van der Waals surface area contributed by atoms with Crippen molar-refractivity contribution in [3.8, 4) is 6.07 Å². The van der Waals surface area contributed by atoms with E-state index in [1.165, 1.54) is 6.07 Å². The zero-order chi connectivity index (χ0) is 13.5. The number of hydrogen-bond donors (Lipinski definition) is 1. The van der Waals surface area contributed by atoms with Crippen molar-refractivity contribution in [1.29, 1.82) is 5.26 Å². The number of hydrogen-bond acceptors (Lipinski definition) is 2. The average Bonchev–Trinajstić information content (AvgIpc) is 2.33. The van der Waals surface area contributed by atoms with E-state index < -0.39 is 0 Å². The molecule has 0 fully saturated rings. The van der Waals surface area contributed by atoms with Crippen LogP contribution < -0.4 is 5.32 Å². The summed E-state index contributed by atoms with van der Waals surface area (Å²) in [5, 5.41) is 12.1. The van der Waals surface area contributed by atoms with Gasteiger partial charge in [-0.15, -0.1) is 0 Å². The number of nitriles is 1. The van der Waals surface area contributed by atoms with Crippen LogP contribution in [-0.4, -0.2) is 13.1 Å². The van der Waals surface area contributed by atoms with Gasteiger partial charge in [-0.1, -0.05) is 29.8 Å². The molecule has 0 spiro atoms. The second-order valence-corrected chi connectivity index (χ2v) is 5.59. The highest BCUT2D eigenvalue weighted by atomic mass is 79.9. The van der Waals surface area contributed by atoms with Crippen molar-refractivity contribution in [1.82, 2.24) is 5.32 Å². The van der Waals surface area contributed by atoms with Gasteiger partial charge in [-0.3, -0.25) is 0 Å². The minimum absolute atomic E-state index is 0.0114. The summed E-state index contributed by atoms with van der Waals surface area (Å²) in [6.07, 6.45) is 0.627. The molecule has 98 valence electrons. The molecule has 0 aliphatic rings. The van der Waals surface area contributed by atoms with Gasteiger partial charge in [0.2, 0.25) is 0 Å². The highest BCUT2D eigenvalue weighted by molar-refractivity contribution is 9.10. The second-order valence-electron chi connectivity index (χ2n) is 4.67. The standard InChI is InChI=1S/C14H18BrFN2/c1-10(2)12(8-17)9-18-6-5-11-7-13(15)3-4-14(11)16/h3-4,7,10,12,18H,5-6,9H2,1-2H3. The number of rotatable bonds is 6. The first-order valence-corrected chi connectivity index (χ1v) is 6.88. The molecule has 0 aliphatic carbocycles. The fourth-order valence-electron chi connectivity index (χ4n) is 1.65. The molecule has 1 aromatic carbocycles. The third kappa shape index (κ3) is 4.75. The van der Waals surface area contributed by atoms with Crippen LogP contribution in [-0.2, 0) is 6.42 Å². The van der Waals surface area contributed by atoms with Gasteiger partial charge in [0, 0.05) is 11.0 Å². The van der Waals surface area contributed by atoms with Gasteiger partial charge < -0.3 is 5.32 Å². The molecule has 4 heteroatoms. The van der Waals surface area contributed by atoms with Crippen LogP contribution in [0.5, 0.6) is 0 Å². The molecular formula is C14H18BrFN2. The third-order valence-electron chi connectivity index (χ3n) is 2.91. The molecule has 0 bridgehead atoms. The van der Waals surface area contributed by atoms with Crippen molar-refractivity contribution in [2.24, 2.45) is 11.8 Å².